The molecule has 1 heterocycles. The van der Waals surface area contributed by atoms with Gasteiger partial charge in [0.05, 0.1) is 23.4 Å². The van der Waals surface area contributed by atoms with E-state index in [2.05, 4.69) is 17.7 Å². The highest BCUT2D eigenvalue weighted by atomic mass is 32.1. The smallest absolute Gasteiger partial charge is 0.358 e. The first-order chi connectivity index (χ1) is 8.56. The maximum Gasteiger partial charge on any atom is 0.392 e. The molecule has 0 unspecified atom stereocenters. The molecule has 0 bridgehead atoms. The fourth-order valence-corrected chi connectivity index (χ4v) is 3.20. The first kappa shape index (κ1) is 13.4. The molecule has 18 heavy (non-hydrogen) atoms. The quantitative estimate of drug-likeness (QED) is 0.519. The molecule has 1 fully saturated rings. The minimum absolute atomic E-state index is 0.0277. The average molecular weight is 269 g/mol. The number of aromatic nitrogens is 2. The highest BCUT2D eigenvalue weighted by Gasteiger charge is 2.33. The lowest BCUT2D eigenvalue weighted by Crippen LogP contribution is -2.31. The van der Waals surface area contributed by atoms with E-state index < -0.39 is 4.92 Å². The number of hydrogen-bond acceptors (Lipinski definition) is 4. The predicted molar refractivity (Wildman–Crippen MR) is 73.0 cm³/mol. The topological polar surface area (TPSA) is 61.0 Å². The fraction of sp³-hybridized carbons (Fsp3) is 0.750. The van der Waals surface area contributed by atoms with Crippen LogP contribution in [0.15, 0.2) is 6.20 Å². The molecule has 1 aliphatic rings. The van der Waals surface area contributed by atoms with Crippen LogP contribution in [0.3, 0.4) is 0 Å². The van der Waals surface area contributed by atoms with Gasteiger partial charge in [-0.2, -0.15) is 17.3 Å². The van der Waals surface area contributed by atoms with Gasteiger partial charge in [0, 0.05) is 5.41 Å². The Hall–Kier alpha value is -1.04. The summed E-state index contributed by atoms with van der Waals surface area (Å²) in [6.07, 6.45) is 7.80. The van der Waals surface area contributed by atoms with Gasteiger partial charge in [-0.15, -0.1) is 0 Å². The van der Waals surface area contributed by atoms with Crippen molar-refractivity contribution >= 4 is 18.4 Å². The van der Waals surface area contributed by atoms with E-state index >= 15 is 0 Å². The van der Waals surface area contributed by atoms with E-state index in [-0.39, 0.29) is 11.2 Å². The molecule has 1 aromatic heterocycles. The van der Waals surface area contributed by atoms with Crippen molar-refractivity contribution in [3.63, 3.8) is 0 Å². The van der Waals surface area contributed by atoms with Crippen LogP contribution in [0.1, 0.15) is 37.7 Å². The molecule has 6 heteroatoms. The number of rotatable bonds is 4. The fourth-order valence-electron chi connectivity index (χ4n) is 2.78. The zero-order chi connectivity index (χ0) is 13.2. The third-order valence-electron chi connectivity index (χ3n) is 3.84. The Morgan fingerprint density at radius 3 is 2.67 bits per heavy atom. The van der Waals surface area contributed by atoms with E-state index in [0.29, 0.717) is 5.56 Å². The summed E-state index contributed by atoms with van der Waals surface area (Å²) in [4.78, 5) is 10.4. The number of nitro groups is 1. The molecule has 0 atom stereocenters. The molecule has 1 saturated carbocycles. The largest absolute Gasteiger partial charge is 0.392 e. The SMILES string of the molecule is Cc1cn(CC2(CS)CCCCC2)nc1[N+](=O)[O-]. The van der Waals surface area contributed by atoms with Gasteiger partial charge in [0.1, 0.15) is 0 Å². The van der Waals surface area contributed by atoms with Crippen LogP contribution >= 0.6 is 12.6 Å². The van der Waals surface area contributed by atoms with Crippen molar-refractivity contribution < 1.29 is 4.92 Å². The van der Waals surface area contributed by atoms with Gasteiger partial charge in [0.25, 0.3) is 0 Å². The van der Waals surface area contributed by atoms with Crippen molar-refractivity contribution in [1.82, 2.24) is 9.78 Å². The summed E-state index contributed by atoms with van der Waals surface area (Å²) in [6.45, 7) is 2.47. The first-order valence-corrected chi connectivity index (χ1v) is 6.99. The molecule has 2 rings (SSSR count). The molecule has 0 N–H and O–H groups in total. The zero-order valence-corrected chi connectivity index (χ0v) is 11.5. The van der Waals surface area contributed by atoms with E-state index in [9.17, 15) is 10.1 Å². The van der Waals surface area contributed by atoms with Gasteiger partial charge >= 0.3 is 5.82 Å². The van der Waals surface area contributed by atoms with Crippen molar-refractivity contribution in [3.8, 4) is 0 Å². The molecule has 100 valence electrons. The van der Waals surface area contributed by atoms with Crippen molar-refractivity contribution in [2.24, 2.45) is 5.41 Å². The molecule has 1 aliphatic carbocycles. The van der Waals surface area contributed by atoms with E-state index in [4.69, 9.17) is 0 Å². The Kier molecular flexibility index (Phi) is 3.94. The van der Waals surface area contributed by atoms with Crippen LogP contribution in [0.2, 0.25) is 0 Å². The Labute approximate surface area is 112 Å². The highest BCUT2D eigenvalue weighted by Crippen LogP contribution is 2.38. The van der Waals surface area contributed by atoms with E-state index in [0.717, 1.165) is 25.1 Å². The predicted octanol–water partition coefficient (Wildman–Crippen LogP) is 2.98. The Bertz CT molecular complexity index is 439. The molecule has 0 spiro atoms. The maximum atomic E-state index is 10.8. The second-order valence-electron chi connectivity index (χ2n) is 5.31. The van der Waals surface area contributed by atoms with Gasteiger partial charge in [-0.05, 0) is 30.4 Å². The summed E-state index contributed by atoms with van der Waals surface area (Å²) in [5.74, 6) is 0.791. The lowest BCUT2D eigenvalue weighted by atomic mass is 9.75. The highest BCUT2D eigenvalue weighted by molar-refractivity contribution is 7.80. The van der Waals surface area contributed by atoms with Crippen LogP contribution in [0.25, 0.3) is 0 Å². The van der Waals surface area contributed by atoms with Crippen LogP contribution in [0, 0.1) is 22.5 Å². The second kappa shape index (κ2) is 5.30. The number of thiol groups is 1. The lowest BCUT2D eigenvalue weighted by molar-refractivity contribution is -0.390. The Balaban J connectivity index is 2.16. The van der Waals surface area contributed by atoms with Crippen LogP contribution in [-0.4, -0.2) is 20.5 Å². The zero-order valence-electron chi connectivity index (χ0n) is 10.6. The van der Waals surface area contributed by atoms with E-state index in [1.54, 1.807) is 17.8 Å². The summed E-state index contributed by atoms with van der Waals surface area (Å²) >= 11 is 4.48. The molecule has 5 nitrogen and oxygen atoms in total. The molecule has 0 radical (unpaired) electrons. The Morgan fingerprint density at radius 2 is 2.17 bits per heavy atom. The van der Waals surface area contributed by atoms with Crippen LogP contribution in [-0.2, 0) is 6.54 Å². The summed E-state index contributed by atoms with van der Waals surface area (Å²) < 4.78 is 1.73. The van der Waals surface area contributed by atoms with Crippen LogP contribution < -0.4 is 0 Å². The minimum atomic E-state index is -0.417. The number of hydrogen-bond donors (Lipinski definition) is 1. The van der Waals surface area contributed by atoms with Gasteiger partial charge < -0.3 is 10.1 Å². The normalized spacial score (nSPS) is 18.8. The molecular formula is C12H19N3O2S. The van der Waals surface area contributed by atoms with Crippen LogP contribution in [0.4, 0.5) is 5.82 Å². The summed E-state index contributed by atoms with van der Waals surface area (Å²) in [7, 11) is 0. The van der Waals surface area contributed by atoms with Crippen molar-refractivity contribution in [2.75, 3.05) is 5.75 Å². The Morgan fingerprint density at radius 1 is 1.50 bits per heavy atom. The van der Waals surface area contributed by atoms with Crippen LogP contribution in [0.5, 0.6) is 0 Å². The second-order valence-corrected chi connectivity index (χ2v) is 5.63. The third kappa shape index (κ3) is 2.68. The van der Waals surface area contributed by atoms with E-state index in [1.165, 1.54) is 19.3 Å². The van der Waals surface area contributed by atoms with Gasteiger partial charge in [-0.25, -0.2) is 0 Å². The van der Waals surface area contributed by atoms with Gasteiger partial charge in [0.2, 0.25) is 0 Å². The summed E-state index contributed by atoms with van der Waals surface area (Å²) in [5.41, 5.74) is 0.790. The molecule has 0 saturated heterocycles. The summed E-state index contributed by atoms with van der Waals surface area (Å²) in [5, 5.41) is 14.9. The average Bonchev–Trinajstić information content (AvgIpc) is 2.71. The third-order valence-corrected chi connectivity index (χ3v) is 4.51. The molecule has 0 aromatic carbocycles. The van der Waals surface area contributed by atoms with E-state index in [1.807, 2.05) is 0 Å². The molecular weight excluding hydrogens is 250 g/mol. The van der Waals surface area contributed by atoms with Gasteiger partial charge in [0.15, 0.2) is 0 Å². The minimum Gasteiger partial charge on any atom is -0.358 e. The molecule has 1 aromatic rings. The van der Waals surface area contributed by atoms with Gasteiger partial charge in [-0.1, -0.05) is 19.3 Å². The lowest BCUT2D eigenvalue weighted by Gasteiger charge is -2.35. The van der Waals surface area contributed by atoms with Gasteiger partial charge in [-0.3, -0.25) is 0 Å². The standard InChI is InChI=1S/C12H19N3O2S/c1-10-7-14(13-11(10)15(16)17)8-12(9-18)5-3-2-4-6-12/h7,18H,2-6,8-9H2,1H3. The maximum absolute atomic E-state index is 10.8. The number of nitrogens with zero attached hydrogens (tertiary/aromatic N) is 3. The van der Waals surface area contributed by atoms with Crippen molar-refractivity contribution in [2.45, 2.75) is 45.6 Å². The first-order valence-electron chi connectivity index (χ1n) is 6.36. The summed E-state index contributed by atoms with van der Waals surface area (Å²) in [6, 6.07) is 0. The monoisotopic (exact) mass is 269 g/mol. The molecule has 0 amide bonds. The molecule has 0 aliphatic heterocycles. The van der Waals surface area contributed by atoms with Crippen molar-refractivity contribution in [3.05, 3.63) is 21.9 Å². The number of aryl methyl sites for hydroxylation is 1. The van der Waals surface area contributed by atoms with Crippen molar-refractivity contribution in [1.29, 1.82) is 0 Å².